The molecule has 0 atom stereocenters. The third-order valence-electron chi connectivity index (χ3n) is 4.60. The Balaban J connectivity index is 2.07. The van der Waals surface area contributed by atoms with Gasteiger partial charge in [0.15, 0.2) is 0 Å². The molecule has 0 spiro atoms. The fourth-order valence-corrected chi connectivity index (χ4v) is 2.52. The van der Waals surface area contributed by atoms with Crippen molar-refractivity contribution in [1.82, 2.24) is 5.32 Å². The predicted molar refractivity (Wildman–Crippen MR) is 117 cm³/mol. The zero-order valence-electron chi connectivity index (χ0n) is 18.0. The Morgan fingerprint density at radius 1 is 1.00 bits per heavy atom. The van der Waals surface area contributed by atoms with E-state index in [4.69, 9.17) is 4.74 Å². The van der Waals surface area contributed by atoms with Gasteiger partial charge in [0.25, 0.3) is 5.91 Å². The fraction of sp³-hybridized carbons (Fsp3) is 0.292. The van der Waals surface area contributed by atoms with Crippen molar-refractivity contribution in [2.45, 2.75) is 41.2 Å². The van der Waals surface area contributed by atoms with Gasteiger partial charge in [-0.05, 0) is 42.2 Å². The van der Waals surface area contributed by atoms with Gasteiger partial charge in [0, 0.05) is 30.8 Å². The molecule has 30 heavy (non-hydrogen) atoms. The Kier molecular flexibility index (Phi) is 7.53. The smallest absolute Gasteiger partial charge is 0.308 e. The molecule has 0 fully saturated rings. The first-order valence-corrected chi connectivity index (χ1v) is 9.70. The number of ether oxygens (including phenoxy) is 1. The normalized spacial score (nSPS) is 11.6. The summed E-state index contributed by atoms with van der Waals surface area (Å²) in [7, 11) is 0. The summed E-state index contributed by atoms with van der Waals surface area (Å²) in [6, 6.07) is 13.7. The van der Waals surface area contributed by atoms with Crippen molar-refractivity contribution in [3.63, 3.8) is 0 Å². The van der Waals surface area contributed by atoms with E-state index >= 15 is 0 Å². The van der Waals surface area contributed by atoms with Gasteiger partial charge in [0.1, 0.15) is 5.75 Å². The molecule has 2 amide bonds. The molecule has 2 aromatic carbocycles. The average molecular weight is 408 g/mol. The number of allylic oxidation sites excluding steroid dienone is 1. The molecule has 0 saturated carbocycles. The molecule has 158 valence electrons. The van der Waals surface area contributed by atoms with E-state index in [1.807, 2.05) is 45.9 Å². The largest absolute Gasteiger partial charge is 0.427 e. The molecule has 0 aromatic heterocycles. The van der Waals surface area contributed by atoms with Crippen LogP contribution in [-0.2, 0) is 16.1 Å². The van der Waals surface area contributed by atoms with Crippen LogP contribution < -0.4 is 15.4 Å². The number of esters is 1. The summed E-state index contributed by atoms with van der Waals surface area (Å²) >= 11 is 0. The standard InChI is InChI=1S/C24H28N2O4/c1-16(24(3,4)5)13-22(28)26-21-12-7-6-9-19(21)15-25-23(29)18-10-8-11-20(14-18)30-17(2)27/h6-14H,15H2,1-5H3,(H,25,29)(H,26,28)/b16-13+. The molecule has 2 rings (SSSR count). The summed E-state index contributed by atoms with van der Waals surface area (Å²) < 4.78 is 5.01. The Labute approximate surface area is 177 Å². The second kappa shape index (κ2) is 9.87. The lowest BCUT2D eigenvalue weighted by Crippen LogP contribution is -2.24. The van der Waals surface area contributed by atoms with Crippen molar-refractivity contribution in [1.29, 1.82) is 0 Å². The van der Waals surface area contributed by atoms with Crippen LogP contribution in [0.2, 0.25) is 0 Å². The van der Waals surface area contributed by atoms with Crippen LogP contribution in [-0.4, -0.2) is 17.8 Å². The Morgan fingerprint density at radius 3 is 2.37 bits per heavy atom. The fourth-order valence-electron chi connectivity index (χ4n) is 2.52. The van der Waals surface area contributed by atoms with Crippen molar-refractivity contribution in [2.75, 3.05) is 5.32 Å². The molecule has 0 aliphatic rings. The van der Waals surface area contributed by atoms with Crippen molar-refractivity contribution in [3.8, 4) is 5.75 Å². The van der Waals surface area contributed by atoms with Gasteiger partial charge < -0.3 is 15.4 Å². The lowest BCUT2D eigenvalue weighted by molar-refractivity contribution is -0.131. The molecule has 6 nitrogen and oxygen atoms in total. The summed E-state index contributed by atoms with van der Waals surface area (Å²) in [5, 5.41) is 5.71. The number of carbonyl (C=O) groups is 3. The van der Waals surface area contributed by atoms with Gasteiger partial charge in [-0.25, -0.2) is 0 Å². The van der Waals surface area contributed by atoms with Crippen molar-refractivity contribution in [2.24, 2.45) is 5.41 Å². The number of anilines is 1. The van der Waals surface area contributed by atoms with Gasteiger partial charge in [-0.15, -0.1) is 0 Å². The van der Waals surface area contributed by atoms with Crippen LogP contribution in [0.25, 0.3) is 0 Å². The van der Waals surface area contributed by atoms with Crippen molar-refractivity contribution >= 4 is 23.5 Å². The average Bonchev–Trinajstić information content (AvgIpc) is 2.66. The molecule has 0 bridgehead atoms. The van der Waals surface area contributed by atoms with Gasteiger partial charge >= 0.3 is 5.97 Å². The molecule has 0 heterocycles. The lowest BCUT2D eigenvalue weighted by Gasteiger charge is -2.19. The summed E-state index contributed by atoms with van der Waals surface area (Å²) in [6.07, 6.45) is 1.59. The topological polar surface area (TPSA) is 84.5 Å². The zero-order valence-corrected chi connectivity index (χ0v) is 18.0. The summed E-state index contributed by atoms with van der Waals surface area (Å²) in [4.78, 5) is 36.0. The minimum absolute atomic E-state index is 0.0918. The Bertz CT molecular complexity index is 971. The van der Waals surface area contributed by atoms with Crippen LogP contribution in [0.3, 0.4) is 0 Å². The van der Waals surface area contributed by atoms with Crippen LogP contribution in [0.5, 0.6) is 5.75 Å². The first-order valence-electron chi connectivity index (χ1n) is 9.70. The van der Waals surface area contributed by atoms with E-state index in [0.29, 0.717) is 17.0 Å². The van der Waals surface area contributed by atoms with E-state index < -0.39 is 5.97 Å². The minimum atomic E-state index is -0.451. The molecule has 0 aliphatic carbocycles. The van der Waals surface area contributed by atoms with Gasteiger partial charge in [0.2, 0.25) is 5.91 Å². The molecule has 0 saturated heterocycles. The maximum Gasteiger partial charge on any atom is 0.308 e. The highest BCUT2D eigenvalue weighted by molar-refractivity contribution is 6.00. The first-order chi connectivity index (χ1) is 14.1. The van der Waals surface area contributed by atoms with Crippen LogP contribution in [0.15, 0.2) is 60.2 Å². The maximum atomic E-state index is 12.5. The predicted octanol–water partition coefficient (Wildman–Crippen LogP) is 4.47. The number of benzene rings is 2. The van der Waals surface area contributed by atoms with Gasteiger partial charge in [-0.1, -0.05) is 50.6 Å². The summed E-state index contributed by atoms with van der Waals surface area (Å²) in [6.45, 7) is 9.60. The van der Waals surface area contributed by atoms with Crippen LogP contribution in [0.1, 0.15) is 50.5 Å². The molecule has 0 radical (unpaired) electrons. The molecule has 0 unspecified atom stereocenters. The van der Waals surface area contributed by atoms with Gasteiger partial charge in [-0.2, -0.15) is 0 Å². The number of hydrogen-bond donors (Lipinski definition) is 2. The van der Waals surface area contributed by atoms with Crippen LogP contribution in [0, 0.1) is 5.41 Å². The van der Waals surface area contributed by atoms with Crippen molar-refractivity contribution in [3.05, 3.63) is 71.3 Å². The number of hydrogen-bond acceptors (Lipinski definition) is 4. The van der Waals surface area contributed by atoms with Crippen LogP contribution >= 0.6 is 0 Å². The van der Waals surface area contributed by atoms with Gasteiger partial charge in [0.05, 0.1) is 0 Å². The third-order valence-corrected chi connectivity index (χ3v) is 4.60. The Morgan fingerprint density at radius 2 is 1.70 bits per heavy atom. The summed E-state index contributed by atoms with van der Waals surface area (Å²) in [5.74, 6) is -0.666. The van der Waals surface area contributed by atoms with E-state index in [-0.39, 0.29) is 23.8 Å². The van der Waals surface area contributed by atoms with Crippen molar-refractivity contribution < 1.29 is 19.1 Å². The highest BCUT2D eigenvalue weighted by Crippen LogP contribution is 2.24. The maximum absolute atomic E-state index is 12.5. The second-order valence-corrected chi connectivity index (χ2v) is 8.03. The first kappa shape index (κ1) is 22.9. The third kappa shape index (κ3) is 6.88. The van der Waals surface area contributed by atoms with E-state index in [1.54, 1.807) is 30.3 Å². The SMILES string of the molecule is CC(=O)Oc1cccc(C(=O)NCc2ccccc2NC(=O)/C=C(\C)C(C)(C)C)c1. The zero-order chi connectivity index (χ0) is 22.3. The molecule has 2 aromatic rings. The van der Waals surface area contributed by atoms with E-state index in [9.17, 15) is 14.4 Å². The molecule has 2 N–H and O–H groups in total. The van der Waals surface area contributed by atoms with E-state index in [0.717, 1.165) is 11.1 Å². The van der Waals surface area contributed by atoms with Gasteiger partial charge in [-0.3, -0.25) is 14.4 Å². The molecular weight excluding hydrogens is 380 g/mol. The lowest BCUT2D eigenvalue weighted by atomic mass is 9.87. The minimum Gasteiger partial charge on any atom is -0.427 e. The van der Waals surface area contributed by atoms with Crippen LogP contribution in [0.4, 0.5) is 5.69 Å². The number of rotatable bonds is 6. The monoisotopic (exact) mass is 408 g/mol. The Hall–Kier alpha value is -3.41. The highest BCUT2D eigenvalue weighted by Gasteiger charge is 2.15. The molecular formula is C24H28N2O4. The second-order valence-electron chi connectivity index (χ2n) is 8.03. The number of nitrogens with one attached hydrogen (secondary N) is 2. The molecule has 0 aliphatic heterocycles. The highest BCUT2D eigenvalue weighted by atomic mass is 16.5. The number of para-hydroxylation sites is 1. The number of carbonyl (C=O) groups excluding carboxylic acids is 3. The molecule has 6 heteroatoms. The number of amides is 2. The summed E-state index contributed by atoms with van der Waals surface area (Å²) in [5.41, 5.74) is 2.66. The quantitative estimate of drug-likeness (QED) is 0.419. The van der Waals surface area contributed by atoms with E-state index in [1.165, 1.54) is 13.0 Å². The van der Waals surface area contributed by atoms with E-state index in [2.05, 4.69) is 10.6 Å².